The Labute approximate surface area is 583 Å². The minimum absolute atomic E-state index is 0.372. The Kier molecular flexibility index (Phi) is 21.3. The van der Waals surface area contributed by atoms with Crippen molar-refractivity contribution in [1.29, 1.82) is 0 Å². The van der Waals surface area contributed by atoms with Crippen LogP contribution in [0, 0.1) is 0 Å². The van der Waals surface area contributed by atoms with E-state index in [4.69, 9.17) is 34.9 Å². The molecular formula is C86H97N11S. The number of rotatable bonds is 10. The first kappa shape index (κ1) is 70.1. The first-order valence-electron chi connectivity index (χ1n) is 35.4. The van der Waals surface area contributed by atoms with E-state index in [1.807, 2.05) is 0 Å². The summed E-state index contributed by atoms with van der Waals surface area (Å²) in [4.78, 5) is 34.4. The minimum Gasteiger partial charge on any atom is -0.252 e. The van der Waals surface area contributed by atoms with Crippen molar-refractivity contribution >= 4 is 114 Å². The van der Waals surface area contributed by atoms with Crippen molar-refractivity contribution in [3.05, 3.63) is 220 Å². The first-order chi connectivity index (χ1) is 46.9. The maximum Gasteiger partial charge on any atom is 0.185 e. The molecule has 0 aliphatic rings. The van der Waals surface area contributed by atoms with Crippen molar-refractivity contribution in [2.45, 2.75) is 198 Å². The third kappa shape index (κ3) is 14.6. The zero-order valence-corrected chi connectivity index (χ0v) is 62.0. The van der Waals surface area contributed by atoms with E-state index in [1.165, 1.54) is 70.0 Å². The number of pyridine rings is 1. The Morgan fingerprint density at radius 2 is 0.673 bits per heavy atom. The molecule has 0 fully saturated rings. The molecule has 0 aliphatic heterocycles. The molecule has 98 heavy (non-hydrogen) atoms. The van der Waals surface area contributed by atoms with Gasteiger partial charge in [-0.2, -0.15) is 9.61 Å². The molecule has 15 rings (SSSR count). The van der Waals surface area contributed by atoms with Gasteiger partial charge in [0.2, 0.25) is 0 Å². The molecular weight excluding hydrogens is 1220 g/mol. The van der Waals surface area contributed by atoms with Gasteiger partial charge < -0.3 is 0 Å². The number of thiophene rings is 1. The van der Waals surface area contributed by atoms with Gasteiger partial charge in [0, 0.05) is 42.4 Å². The first-order valence-corrected chi connectivity index (χ1v) is 36.3. The highest BCUT2D eigenvalue weighted by molar-refractivity contribution is 7.17. The van der Waals surface area contributed by atoms with E-state index in [9.17, 15) is 0 Å². The summed E-state index contributed by atoms with van der Waals surface area (Å²) < 4.78 is 3.06. The van der Waals surface area contributed by atoms with Crippen molar-refractivity contribution in [1.82, 2.24) is 54.7 Å². The molecule has 0 N–H and O–H groups in total. The van der Waals surface area contributed by atoms with Crippen LogP contribution in [0.4, 0.5) is 0 Å². The van der Waals surface area contributed by atoms with Crippen LogP contribution in [-0.2, 0) is 0 Å². The van der Waals surface area contributed by atoms with Crippen LogP contribution in [0.15, 0.2) is 163 Å². The molecule has 8 aromatic carbocycles. The highest BCUT2D eigenvalue weighted by Gasteiger charge is 2.21. The van der Waals surface area contributed by atoms with E-state index >= 15 is 0 Å². The zero-order chi connectivity index (χ0) is 70.0. The van der Waals surface area contributed by atoms with Gasteiger partial charge in [0.1, 0.15) is 6.33 Å². The topological polar surface area (TPSA) is 133 Å². The van der Waals surface area contributed by atoms with Crippen LogP contribution in [0.1, 0.15) is 254 Å². The zero-order valence-electron chi connectivity index (χ0n) is 61.2. The number of para-hydroxylation sites is 1. The molecule has 0 radical (unpaired) electrons. The monoisotopic (exact) mass is 1320 g/mol. The van der Waals surface area contributed by atoms with E-state index in [0.717, 1.165) is 89.5 Å². The lowest BCUT2D eigenvalue weighted by Crippen LogP contribution is -2.06. The van der Waals surface area contributed by atoms with Gasteiger partial charge in [0.05, 0.1) is 84.2 Å². The van der Waals surface area contributed by atoms with Crippen LogP contribution in [-0.4, -0.2) is 54.7 Å². The van der Waals surface area contributed by atoms with Crippen molar-refractivity contribution in [3.8, 4) is 0 Å². The molecule has 15 aromatic rings. The molecule has 12 heteroatoms. The highest BCUT2D eigenvalue weighted by Crippen LogP contribution is 2.37. The van der Waals surface area contributed by atoms with E-state index in [0.29, 0.717) is 59.2 Å². The quantitative estimate of drug-likeness (QED) is 0.122. The van der Waals surface area contributed by atoms with Crippen LogP contribution >= 0.6 is 11.3 Å². The number of hydrogen-bond donors (Lipinski definition) is 0. The van der Waals surface area contributed by atoms with Gasteiger partial charge in [-0.1, -0.05) is 242 Å². The summed E-state index contributed by atoms with van der Waals surface area (Å²) >= 11 is 1.76. The molecule has 0 saturated carbocycles. The predicted octanol–water partition coefficient (Wildman–Crippen LogP) is 24.3. The fourth-order valence-corrected chi connectivity index (χ4v) is 13.8. The molecule has 0 amide bonds. The van der Waals surface area contributed by atoms with Crippen molar-refractivity contribution in [2.24, 2.45) is 0 Å². The van der Waals surface area contributed by atoms with Crippen molar-refractivity contribution in [2.75, 3.05) is 0 Å². The Balaban J connectivity index is 0.000000124. The molecule has 0 spiro atoms. The smallest absolute Gasteiger partial charge is 0.185 e. The van der Waals surface area contributed by atoms with E-state index < -0.39 is 0 Å². The van der Waals surface area contributed by atoms with Crippen LogP contribution in [0.25, 0.3) is 103 Å². The van der Waals surface area contributed by atoms with Gasteiger partial charge in [-0.25, -0.2) is 29.9 Å². The molecule has 0 bridgehead atoms. The van der Waals surface area contributed by atoms with E-state index in [-0.39, 0.29) is 0 Å². The summed E-state index contributed by atoms with van der Waals surface area (Å²) in [5, 5.41) is 27.2. The van der Waals surface area contributed by atoms with E-state index in [1.54, 1.807) is 22.2 Å². The van der Waals surface area contributed by atoms with Crippen molar-refractivity contribution < 1.29 is 0 Å². The number of fused-ring (bicyclic) bond motifs is 15. The molecule has 0 unspecified atom stereocenters. The number of aromatic nitrogens is 11. The van der Waals surface area contributed by atoms with Crippen molar-refractivity contribution in [3.63, 3.8) is 0 Å². The predicted molar refractivity (Wildman–Crippen MR) is 417 cm³/mol. The van der Waals surface area contributed by atoms with Gasteiger partial charge in [-0.05, 0) is 140 Å². The average molecular weight is 1320 g/mol. The SMILES string of the molecule is CC(C)c1ccc2c(c1)c(C(C)C)nc1ccccc12.CC(C)c1ccc2c(c1)c(C(C)C)nn1cnnc21.CC(C)c1nc2ccc3ccccc3c2nc1C(C)C.CC(C)c1nc2ccc3ccccc3c2nc1C(C)C.CC(C)c1nc2ccc3sccc3c2nc1C(C)C. The van der Waals surface area contributed by atoms with Crippen LogP contribution in [0.2, 0.25) is 0 Å². The fourth-order valence-electron chi connectivity index (χ4n) is 13.0. The number of hydrogen-bond acceptors (Lipinski definition) is 11. The lowest BCUT2D eigenvalue weighted by atomic mass is 9.94. The van der Waals surface area contributed by atoms with Gasteiger partial charge in [-0.15, -0.1) is 21.5 Å². The molecule has 0 aliphatic carbocycles. The van der Waals surface area contributed by atoms with Gasteiger partial charge in [0.15, 0.2) is 5.65 Å². The average Bonchev–Trinajstić information content (AvgIpc) is 1.48. The van der Waals surface area contributed by atoms with Gasteiger partial charge >= 0.3 is 0 Å². The maximum absolute atomic E-state index is 4.96. The highest BCUT2D eigenvalue weighted by atomic mass is 32.1. The standard InChI is InChI=1S/C19H21N.2C18H20N2.C16H18N2S.C15H18N4/c1-12(2)14-9-10-15-16-7-5-6-8-18(16)20-19(13(3)4)17(15)11-14;2*1-11(2)16-17(12(3)4)20-18-14-8-6-5-7-13(14)9-10-15(18)19-16;1-9(2)14-15(10(3)4)18-16-11-7-8-19-13(11)6-5-12(16)17-14;1-9(2)11-5-6-12-13(7-11)14(10(3)4)18-19-8-16-17-15(12)19/h5-13H,1-4H3;2*5-12H,1-4H3;2*5-10H,1-4H3. The van der Waals surface area contributed by atoms with Crippen LogP contribution in [0.3, 0.4) is 0 Å². The second-order valence-corrected chi connectivity index (χ2v) is 30.2. The lowest BCUT2D eigenvalue weighted by Gasteiger charge is -2.15. The summed E-state index contributed by atoms with van der Waals surface area (Å²) in [7, 11) is 0. The van der Waals surface area contributed by atoms with Crippen LogP contribution in [0.5, 0.6) is 0 Å². The second kappa shape index (κ2) is 29.8. The van der Waals surface area contributed by atoms with Gasteiger partial charge in [0.25, 0.3) is 0 Å². The molecule has 502 valence electrons. The fraction of sp³-hybridized carbons (Fsp3) is 0.349. The Bertz CT molecular complexity index is 5190. The largest absolute Gasteiger partial charge is 0.252 e. The Morgan fingerprint density at radius 1 is 0.286 bits per heavy atom. The lowest BCUT2D eigenvalue weighted by molar-refractivity contribution is 0.738. The second-order valence-electron chi connectivity index (χ2n) is 29.2. The molecule has 0 saturated heterocycles. The summed E-state index contributed by atoms with van der Waals surface area (Å²) in [6.45, 7) is 43.9. The Morgan fingerprint density at radius 3 is 1.13 bits per heavy atom. The summed E-state index contributed by atoms with van der Waals surface area (Å²) in [6.07, 6.45) is 1.66. The van der Waals surface area contributed by atoms with E-state index in [2.05, 4.69) is 311 Å². The maximum atomic E-state index is 4.96. The summed E-state index contributed by atoms with van der Waals surface area (Å²) in [6, 6.07) is 53.4. The molecule has 11 nitrogen and oxygen atoms in total. The molecule has 7 aromatic heterocycles. The normalized spacial score (nSPS) is 12.0. The van der Waals surface area contributed by atoms with Gasteiger partial charge in [-0.3, -0.25) is 4.98 Å². The minimum atomic E-state index is 0.372. The Hall–Kier alpha value is -9.26. The van der Waals surface area contributed by atoms with Crippen LogP contribution < -0.4 is 0 Å². The summed E-state index contributed by atoms with van der Waals surface area (Å²) in [5.41, 5.74) is 19.8. The number of nitrogens with zero attached hydrogens (tertiary/aromatic N) is 11. The molecule has 0 atom stereocenters. The summed E-state index contributed by atoms with van der Waals surface area (Å²) in [5.74, 6) is 4.26. The third-order valence-electron chi connectivity index (χ3n) is 18.3. The third-order valence-corrected chi connectivity index (χ3v) is 19.2. The molecule has 7 heterocycles. The number of benzene rings is 8.